The lowest BCUT2D eigenvalue weighted by Gasteiger charge is -2.24. The van der Waals surface area contributed by atoms with E-state index in [2.05, 4.69) is 10.5 Å². The van der Waals surface area contributed by atoms with Crippen molar-refractivity contribution in [3.05, 3.63) is 0 Å². The minimum Gasteiger partial charge on any atom is -0.409 e. The van der Waals surface area contributed by atoms with Gasteiger partial charge in [-0.05, 0) is 25.2 Å². The minimum atomic E-state index is 0.124. The van der Waals surface area contributed by atoms with Gasteiger partial charge < -0.3 is 16.3 Å². The van der Waals surface area contributed by atoms with E-state index in [1.807, 2.05) is 0 Å². The van der Waals surface area contributed by atoms with Gasteiger partial charge in [-0.15, -0.1) is 0 Å². The Morgan fingerprint density at radius 3 is 2.80 bits per heavy atom. The van der Waals surface area contributed by atoms with Crippen LogP contribution in [-0.2, 0) is 4.79 Å². The van der Waals surface area contributed by atoms with Crippen molar-refractivity contribution in [3.8, 4) is 0 Å². The summed E-state index contributed by atoms with van der Waals surface area (Å²) in [5, 5.41) is 14.0. The number of hydrogen-bond acceptors (Lipinski definition) is 3. The number of carbonyl (C=O) groups is 1. The summed E-state index contributed by atoms with van der Waals surface area (Å²) in [6.45, 7) is 0.599. The molecule has 0 saturated heterocycles. The quantitative estimate of drug-likeness (QED) is 0.201. The average Bonchev–Trinajstić information content (AvgIpc) is 2.18. The smallest absolute Gasteiger partial charge is 0.220 e. The lowest BCUT2D eigenvalue weighted by Crippen LogP contribution is -2.29. The highest BCUT2D eigenvalue weighted by molar-refractivity contribution is 5.79. The molecule has 15 heavy (non-hydrogen) atoms. The fourth-order valence-electron chi connectivity index (χ4n) is 1.58. The van der Waals surface area contributed by atoms with E-state index in [4.69, 9.17) is 10.9 Å². The molecule has 1 saturated carbocycles. The summed E-state index contributed by atoms with van der Waals surface area (Å²) >= 11 is 0. The molecule has 1 fully saturated rings. The van der Waals surface area contributed by atoms with E-state index in [1.165, 1.54) is 19.3 Å². The molecule has 1 aliphatic rings. The van der Waals surface area contributed by atoms with Crippen LogP contribution in [0.5, 0.6) is 0 Å². The fraction of sp³-hybridized carbons (Fsp3) is 0.800. The Kier molecular flexibility index (Phi) is 4.93. The molecule has 1 rings (SSSR count). The van der Waals surface area contributed by atoms with Gasteiger partial charge in [-0.1, -0.05) is 11.6 Å². The maximum atomic E-state index is 11.3. The topological polar surface area (TPSA) is 87.7 Å². The van der Waals surface area contributed by atoms with Gasteiger partial charge in [0, 0.05) is 19.4 Å². The summed E-state index contributed by atoms with van der Waals surface area (Å²) in [4.78, 5) is 11.3. The number of carbonyl (C=O) groups excluding carboxylic acids is 1. The van der Waals surface area contributed by atoms with Crippen molar-refractivity contribution >= 4 is 11.7 Å². The van der Waals surface area contributed by atoms with Crippen LogP contribution in [0.3, 0.4) is 0 Å². The van der Waals surface area contributed by atoms with Gasteiger partial charge in [0.1, 0.15) is 5.84 Å². The van der Waals surface area contributed by atoms with Crippen molar-refractivity contribution in [2.45, 2.75) is 38.5 Å². The van der Waals surface area contributed by atoms with E-state index in [9.17, 15) is 4.79 Å². The van der Waals surface area contributed by atoms with Crippen molar-refractivity contribution in [3.63, 3.8) is 0 Å². The maximum Gasteiger partial charge on any atom is 0.220 e. The van der Waals surface area contributed by atoms with Crippen molar-refractivity contribution < 1.29 is 10.0 Å². The summed E-state index contributed by atoms with van der Waals surface area (Å²) in [6, 6.07) is 0. The Bertz CT molecular complexity index is 237. The van der Waals surface area contributed by atoms with Crippen molar-refractivity contribution in [2.24, 2.45) is 16.8 Å². The highest BCUT2D eigenvalue weighted by atomic mass is 16.4. The molecular formula is C10H19N3O2. The van der Waals surface area contributed by atoms with Crippen LogP contribution < -0.4 is 11.1 Å². The zero-order chi connectivity index (χ0) is 11.1. The molecule has 0 aliphatic heterocycles. The normalized spacial score (nSPS) is 17.2. The summed E-state index contributed by atoms with van der Waals surface area (Å²) in [7, 11) is 0. The predicted octanol–water partition coefficient (Wildman–Crippen LogP) is 0.819. The third-order valence-corrected chi connectivity index (χ3v) is 2.76. The molecular weight excluding hydrogens is 194 g/mol. The first kappa shape index (κ1) is 11.8. The number of amides is 1. The summed E-state index contributed by atoms with van der Waals surface area (Å²) in [5.41, 5.74) is 5.29. The molecule has 0 unspecified atom stereocenters. The van der Waals surface area contributed by atoms with Gasteiger partial charge in [-0.25, -0.2) is 0 Å². The maximum absolute atomic E-state index is 11.3. The highest BCUT2D eigenvalue weighted by Crippen LogP contribution is 2.28. The van der Waals surface area contributed by atoms with Gasteiger partial charge in [0.15, 0.2) is 0 Å². The Hall–Kier alpha value is -1.26. The Morgan fingerprint density at radius 2 is 2.27 bits per heavy atom. The molecule has 1 amide bonds. The van der Waals surface area contributed by atoms with Crippen molar-refractivity contribution in [1.82, 2.24) is 5.32 Å². The molecule has 1 aliphatic carbocycles. The first-order valence-electron chi connectivity index (χ1n) is 5.45. The van der Waals surface area contributed by atoms with Crippen molar-refractivity contribution in [2.75, 3.05) is 6.54 Å². The van der Waals surface area contributed by atoms with Crippen LogP contribution in [0.25, 0.3) is 0 Å². The Morgan fingerprint density at radius 1 is 1.53 bits per heavy atom. The summed E-state index contributed by atoms with van der Waals surface area (Å²) in [6.07, 6.45) is 5.53. The number of nitrogens with zero attached hydrogens (tertiary/aromatic N) is 1. The SMILES string of the molecule is NC(CCCNC(=O)CC1CCC1)=NO. The average molecular weight is 213 g/mol. The van der Waals surface area contributed by atoms with E-state index < -0.39 is 0 Å². The van der Waals surface area contributed by atoms with E-state index in [-0.39, 0.29) is 11.7 Å². The van der Waals surface area contributed by atoms with Crippen LogP contribution in [0, 0.1) is 5.92 Å². The first-order chi connectivity index (χ1) is 7.22. The van der Waals surface area contributed by atoms with Crippen LogP contribution in [0.15, 0.2) is 5.16 Å². The molecule has 5 heteroatoms. The van der Waals surface area contributed by atoms with Crippen LogP contribution in [-0.4, -0.2) is 23.5 Å². The molecule has 86 valence electrons. The van der Waals surface area contributed by atoms with E-state index in [1.54, 1.807) is 0 Å². The second-order valence-corrected chi connectivity index (χ2v) is 4.05. The second-order valence-electron chi connectivity index (χ2n) is 4.05. The lowest BCUT2D eigenvalue weighted by molar-refractivity contribution is -0.122. The van der Waals surface area contributed by atoms with Gasteiger partial charge in [0.2, 0.25) is 5.91 Å². The standard InChI is InChI=1S/C10H19N3O2/c11-9(13-15)5-2-6-12-10(14)7-8-3-1-4-8/h8,15H,1-7H2,(H2,11,13)(H,12,14). The van der Waals surface area contributed by atoms with Gasteiger partial charge in [-0.3, -0.25) is 4.79 Å². The number of amidine groups is 1. The third-order valence-electron chi connectivity index (χ3n) is 2.76. The summed E-state index contributed by atoms with van der Waals surface area (Å²) < 4.78 is 0. The number of hydrogen-bond donors (Lipinski definition) is 3. The van der Waals surface area contributed by atoms with Crippen LogP contribution in [0.1, 0.15) is 38.5 Å². The largest absolute Gasteiger partial charge is 0.409 e. The van der Waals surface area contributed by atoms with Gasteiger partial charge in [0.25, 0.3) is 0 Å². The first-order valence-corrected chi connectivity index (χ1v) is 5.45. The van der Waals surface area contributed by atoms with Gasteiger partial charge >= 0.3 is 0 Å². The van der Waals surface area contributed by atoms with Gasteiger partial charge in [0.05, 0.1) is 0 Å². The number of nitrogens with two attached hydrogens (primary N) is 1. The third kappa shape index (κ3) is 4.67. The Labute approximate surface area is 89.7 Å². The molecule has 0 aromatic heterocycles. The van der Waals surface area contributed by atoms with E-state index in [0.29, 0.717) is 31.7 Å². The van der Waals surface area contributed by atoms with Crippen LogP contribution in [0.2, 0.25) is 0 Å². The molecule has 5 nitrogen and oxygen atoms in total. The number of rotatable bonds is 6. The molecule has 0 heterocycles. The molecule has 0 aromatic rings. The van der Waals surface area contributed by atoms with Crippen LogP contribution >= 0.6 is 0 Å². The minimum absolute atomic E-state index is 0.124. The van der Waals surface area contributed by atoms with E-state index >= 15 is 0 Å². The zero-order valence-electron chi connectivity index (χ0n) is 8.91. The lowest BCUT2D eigenvalue weighted by atomic mass is 9.83. The predicted molar refractivity (Wildman–Crippen MR) is 57.6 cm³/mol. The monoisotopic (exact) mass is 213 g/mol. The molecule has 0 spiro atoms. The van der Waals surface area contributed by atoms with Crippen LogP contribution in [0.4, 0.5) is 0 Å². The zero-order valence-corrected chi connectivity index (χ0v) is 8.91. The molecule has 0 radical (unpaired) electrons. The molecule has 4 N–H and O–H groups in total. The van der Waals surface area contributed by atoms with Crippen molar-refractivity contribution in [1.29, 1.82) is 0 Å². The molecule has 0 aromatic carbocycles. The fourth-order valence-corrected chi connectivity index (χ4v) is 1.58. The summed E-state index contributed by atoms with van der Waals surface area (Å²) in [5.74, 6) is 0.941. The molecule has 0 bridgehead atoms. The second kappa shape index (κ2) is 6.27. The van der Waals surface area contributed by atoms with E-state index in [0.717, 1.165) is 0 Å². The van der Waals surface area contributed by atoms with Gasteiger partial charge in [-0.2, -0.15) is 0 Å². The molecule has 0 atom stereocenters. The highest BCUT2D eigenvalue weighted by Gasteiger charge is 2.20. The number of nitrogens with one attached hydrogen (secondary N) is 1. The number of oxime groups is 1. The Balaban J connectivity index is 1.96.